The highest BCUT2D eigenvalue weighted by Crippen LogP contribution is 2.33. The van der Waals surface area contributed by atoms with Crippen molar-refractivity contribution in [2.75, 3.05) is 5.73 Å². The monoisotopic (exact) mass is 202 g/mol. The van der Waals surface area contributed by atoms with Gasteiger partial charge in [-0.15, -0.1) is 0 Å². The van der Waals surface area contributed by atoms with Crippen molar-refractivity contribution < 1.29 is 0 Å². The van der Waals surface area contributed by atoms with E-state index in [1.54, 1.807) is 6.20 Å². The first-order chi connectivity index (χ1) is 7.34. The smallest absolute Gasteiger partial charge is 0.235 e. The zero-order valence-corrected chi connectivity index (χ0v) is 8.56. The van der Waals surface area contributed by atoms with E-state index in [0.717, 1.165) is 17.3 Å². The number of aromatic nitrogens is 3. The zero-order valence-electron chi connectivity index (χ0n) is 8.56. The van der Waals surface area contributed by atoms with Gasteiger partial charge in [0.25, 0.3) is 0 Å². The summed E-state index contributed by atoms with van der Waals surface area (Å²) >= 11 is 0. The van der Waals surface area contributed by atoms with Crippen LogP contribution in [0.4, 0.5) is 5.82 Å². The second-order valence-corrected chi connectivity index (χ2v) is 4.18. The molecule has 0 spiro atoms. The van der Waals surface area contributed by atoms with Gasteiger partial charge in [-0.2, -0.15) is 0 Å². The molecule has 0 bridgehead atoms. The molecule has 15 heavy (non-hydrogen) atoms. The summed E-state index contributed by atoms with van der Waals surface area (Å²) in [6.07, 6.45) is 8.68. The third-order valence-electron chi connectivity index (χ3n) is 3.20. The fraction of sp³-hybridized carbons (Fsp3) is 0.455. The summed E-state index contributed by atoms with van der Waals surface area (Å²) in [6.45, 7) is 0. The molecular weight excluding hydrogens is 188 g/mol. The van der Waals surface area contributed by atoms with Gasteiger partial charge in [-0.25, -0.2) is 9.97 Å². The Morgan fingerprint density at radius 3 is 2.93 bits per heavy atom. The van der Waals surface area contributed by atoms with Crippen molar-refractivity contribution >= 4 is 11.6 Å². The number of nitrogen functional groups attached to an aromatic ring is 1. The Morgan fingerprint density at radius 2 is 2.13 bits per heavy atom. The molecule has 2 N–H and O–H groups in total. The van der Waals surface area contributed by atoms with Crippen LogP contribution in [0.3, 0.4) is 0 Å². The van der Waals surface area contributed by atoms with Crippen LogP contribution in [-0.4, -0.2) is 14.4 Å². The molecule has 2 heterocycles. The van der Waals surface area contributed by atoms with E-state index in [1.807, 2.05) is 16.7 Å². The van der Waals surface area contributed by atoms with Crippen LogP contribution in [0.1, 0.15) is 37.3 Å². The van der Waals surface area contributed by atoms with Gasteiger partial charge in [0, 0.05) is 24.4 Å². The average Bonchev–Trinajstić information content (AvgIpc) is 2.88. The Morgan fingerprint density at radius 1 is 1.33 bits per heavy atom. The molecular formula is C11H14N4. The first kappa shape index (κ1) is 8.71. The van der Waals surface area contributed by atoms with Gasteiger partial charge in [0.1, 0.15) is 5.82 Å². The van der Waals surface area contributed by atoms with Crippen molar-refractivity contribution in [3.8, 4) is 0 Å². The van der Waals surface area contributed by atoms with Crippen LogP contribution in [0, 0.1) is 0 Å². The number of anilines is 1. The van der Waals surface area contributed by atoms with Gasteiger partial charge in [-0.3, -0.25) is 4.40 Å². The van der Waals surface area contributed by atoms with Gasteiger partial charge in [0.2, 0.25) is 5.78 Å². The van der Waals surface area contributed by atoms with Crippen molar-refractivity contribution in [3.05, 3.63) is 24.2 Å². The van der Waals surface area contributed by atoms with Gasteiger partial charge >= 0.3 is 0 Å². The van der Waals surface area contributed by atoms with E-state index in [-0.39, 0.29) is 0 Å². The van der Waals surface area contributed by atoms with E-state index >= 15 is 0 Å². The third-order valence-corrected chi connectivity index (χ3v) is 3.20. The molecule has 78 valence electrons. The van der Waals surface area contributed by atoms with E-state index in [2.05, 4.69) is 9.97 Å². The molecule has 0 aromatic carbocycles. The summed E-state index contributed by atoms with van der Waals surface area (Å²) in [7, 11) is 0. The lowest BCUT2D eigenvalue weighted by atomic mass is 10.0. The Labute approximate surface area is 88.1 Å². The maximum atomic E-state index is 5.95. The van der Waals surface area contributed by atoms with Crippen LogP contribution in [-0.2, 0) is 0 Å². The number of nitrogens with zero attached hydrogens (tertiary/aromatic N) is 3. The minimum atomic E-state index is 0.592. The number of fused-ring (bicyclic) bond motifs is 1. The quantitative estimate of drug-likeness (QED) is 0.769. The molecule has 1 aliphatic rings. The summed E-state index contributed by atoms with van der Waals surface area (Å²) in [4.78, 5) is 8.73. The van der Waals surface area contributed by atoms with Crippen LogP contribution in [0.2, 0.25) is 0 Å². The molecule has 0 atom stereocenters. The highest BCUT2D eigenvalue weighted by Gasteiger charge is 2.19. The lowest BCUT2D eigenvalue weighted by Crippen LogP contribution is -2.04. The van der Waals surface area contributed by atoms with E-state index in [0.29, 0.717) is 5.92 Å². The molecule has 1 aliphatic carbocycles. The van der Waals surface area contributed by atoms with Crippen LogP contribution in [0.25, 0.3) is 5.78 Å². The van der Waals surface area contributed by atoms with Crippen molar-refractivity contribution in [2.24, 2.45) is 0 Å². The van der Waals surface area contributed by atoms with Gasteiger partial charge in [0.05, 0.1) is 5.69 Å². The first-order valence-electron chi connectivity index (χ1n) is 5.44. The molecule has 2 aromatic heterocycles. The number of nitrogens with two attached hydrogens (primary N) is 1. The predicted molar refractivity (Wildman–Crippen MR) is 58.6 cm³/mol. The largest absolute Gasteiger partial charge is 0.385 e. The Hall–Kier alpha value is -1.58. The van der Waals surface area contributed by atoms with Crippen molar-refractivity contribution in [3.63, 3.8) is 0 Å². The third kappa shape index (κ3) is 1.37. The van der Waals surface area contributed by atoms with E-state index in [9.17, 15) is 0 Å². The fourth-order valence-electron chi connectivity index (χ4n) is 2.38. The minimum absolute atomic E-state index is 0.592. The molecule has 1 fully saturated rings. The van der Waals surface area contributed by atoms with Gasteiger partial charge in [-0.1, -0.05) is 12.8 Å². The van der Waals surface area contributed by atoms with Gasteiger partial charge in [-0.05, 0) is 12.8 Å². The first-order valence-corrected chi connectivity index (χ1v) is 5.44. The maximum Gasteiger partial charge on any atom is 0.235 e. The molecule has 0 amide bonds. The highest BCUT2D eigenvalue weighted by atomic mass is 15.1. The van der Waals surface area contributed by atoms with E-state index in [1.165, 1.54) is 25.7 Å². The topological polar surface area (TPSA) is 56.2 Å². The lowest BCUT2D eigenvalue weighted by molar-refractivity contribution is 0.697. The predicted octanol–water partition coefficient (Wildman–Crippen LogP) is 1.97. The summed E-state index contributed by atoms with van der Waals surface area (Å²) in [5, 5.41) is 0. The second kappa shape index (κ2) is 3.22. The van der Waals surface area contributed by atoms with E-state index < -0.39 is 0 Å². The molecule has 4 heteroatoms. The highest BCUT2D eigenvalue weighted by molar-refractivity contribution is 5.44. The summed E-state index contributed by atoms with van der Waals surface area (Å²) < 4.78 is 1.82. The Balaban J connectivity index is 2.11. The summed E-state index contributed by atoms with van der Waals surface area (Å²) in [6, 6.07) is 1.99. The van der Waals surface area contributed by atoms with Crippen LogP contribution < -0.4 is 5.73 Å². The normalized spacial score (nSPS) is 17.6. The molecule has 0 saturated heterocycles. The van der Waals surface area contributed by atoms with Gasteiger partial charge < -0.3 is 5.73 Å². The van der Waals surface area contributed by atoms with Crippen LogP contribution in [0.5, 0.6) is 0 Å². The minimum Gasteiger partial charge on any atom is -0.385 e. The SMILES string of the molecule is Nc1cc(C2CCCC2)nc2nccn12. The Kier molecular flexibility index (Phi) is 1.87. The zero-order chi connectivity index (χ0) is 10.3. The molecule has 0 unspecified atom stereocenters. The summed E-state index contributed by atoms with van der Waals surface area (Å²) in [5.41, 5.74) is 7.07. The molecule has 0 radical (unpaired) electrons. The van der Waals surface area contributed by atoms with Crippen molar-refractivity contribution in [2.45, 2.75) is 31.6 Å². The Bertz CT molecular complexity index is 482. The number of hydrogen-bond acceptors (Lipinski definition) is 3. The molecule has 0 aliphatic heterocycles. The van der Waals surface area contributed by atoms with Crippen LogP contribution in [0.15, 0.2) is 18.5 Å². The van der Waals surface area contributed by atoms with Gasteiger partial charge in [0.15, 0.2) is 0 Å². The standard InChI is InChI=1S/C11H14N4/c12-10-7-9(8-3-1-2-4-8)14-11-13-5-6-15(10)11/h5-8H,1-4,12H2. The number of imidazole rings is 1. The average molecular weight is 202 g/mol. The number of rotatable bonds is 1. The molecule has 3 rings (SSSR count). The van der Waals surface area contributed by atoms with Crippen LogP contribution >= 0.6 is 0 Å². The molecule has 1 saturated carbocycles. The van der Waals surface area contributed by atoms with E-state index in [4.69, 9.17) is 5.73 Å². The fourth-order valence-corrected chi connectivity index (χ4v) is 2.38. The molecule has 4 nitrogen and oxygen atoms in total. The number of hydrogen-bond donors (Lipinski definition) is 1. The molecule has 2 aromatic rings. The second-order valence-electron chi connectivity index (χ2n) is 4.18. The maximum absolute atomic E-state index is 5.95. The summed E-state index contributed by atoms with van der Waals surface area (Å²) in [5.74, 6) is 2.05. The van der Waals surface area contributed by atoms with Crippen molar-refractivity contribution in [1.82, 2.24) is 14.4 Å². The van der Waals surface area contributed by atoms with Crippen molar-refractivity contribution in [1.29, 1.82) is 0 Å². The lowest BCUT2D eigenvalue weighted by Gasteiger charge is -2.09.